The second-order valence-electron chi connectivity index (χ2n) is 4.47. The number of aromatic nitrogens is 3. The molecule has 6 nitrogen and oxygen atoms in total. The summed E-state index contributed by atoms with van der Waals surface area (Å²) in [5, 5.41) is 19.6. The number of nitrogens with zero attached hydrogens (tertiary/aromatic N) is 4. The van der Waals surface area contributed by atoms with Crippen molar-refractivity contribution < 1.29 is 4.92 Å². The first-order chi connectivity index (χ1) is 9.24. The van der Waals surface area contributed by atoms with Gasteiger partial charge in [-0.2, -0.15) is 0 Å². The summed E-state index contributed by atoms with van der Waals surface area (Å²) in [5.74, 6) is 0.660. The van der Waals surface area contributed by atoms with E-state index in [-0.39, 0.29) is 10.6 Å². The molecule has 1 heterocycles. The van der Waals surface area contributed by atoms with Gasteiger partial charge in [0.2, 0.25) is 0 Å². The Kier molecular flexibility index (Phi) is 3.20. The Labute approximate surface area is 114 Å². The van der Waals surface area contributed by atoms with Gasteiger partial charge in [0, 0.05) is 23.9 Å². The average Bonchev–Trinajstić information content (AvgIpc) is 3.16. The molecule has 7 heteroatoms. The van der Waals surface area contributed by atoms with Crippen LogP contribution in [0.1, 0.15) is 24.4 Å². The van der Waals surface area contributed by atoms with Crippen molar-refractivity contribution in [2.75, 3.05) is 0 Å². The molecule has 0 unspecified atom stereocenters. The number of hydrogen-bond acceptors (Lipinski definition) is 5. The van der Waals surface area contributed by atoms with Crippen molar-refractivity contribution in [3.05, 3.63) is 46.3 Å². The van der Waals surface area contributed by atoms with E-state index in [2.05, 4.69) is 14.8 Å². The van der Waals surface area contributed by atoms with Crippen molar-refractivity contribution in [3.8, 4) is 0 Å². The van der Waals surface area contributed by atoms with Crippen LogP contribution in [0.15, 0.2) is 35.7 Å². The van der Waals surface area contributed by atoms with Gasteiger partial charge in [0.25, 0.3) is 5.69 Å². The average molecular weight is 276 g/mol. The minimum absolute atomic E-state index is 0.127. The van der Waals surface area contributed by atoms with E-state index in [4.69, 9.17) is 0 Å². The van der Waals surface area contributed by atoms with Gasteiger partial charge in [-0.1, -0.05) is 23.9 Å². The van der Waals surface area contributed by atoms with Crippen LogP contribution >= 0.6 is 11.8 Å². The molecule has 0 spiro atoms. The van der Waals surface area contributed by atoms with Gasteiger partial charge in [-0.15, -0.1) is 10.2 Å². The molecule has 1 aliphatic rings. The molecule has 98 valence electrons. The summed E-state index contributed by atoms with van der Waals surface area (Å²) in [4.78, 5) is 10.3. The summed E-state index contributed by atoms with van der Waals surface area (Å²) in [6, 6.07) is 7.24. The van der Waals surface area contributed by atoms with Crippen LogP contribution in [0.4, 0.5) is 5.69 Å². The number of benzene rings is 1. The maximum absolute atomic E-state index is 10.7. The predicted octanol–water partition coefficient (Wildman–Crippen LogP) is 2.81. The van der Waals surface area contributed by atoms with Gasteiger partial charge in [-0.3, -0.25) is 10.1 Å². The van der Waals surface area contributed by atoms with Gasteiger partial charge < -0.3 is 4.57 Å². The Balaban J connectivity index is 1.70. The first-order valence-corrected chi connectivity index (χ1v) is 6.98. The monoisotopic (exact) mass is 276 g/mol. The lowest BCUT2D eigenvalue weighted by atomic mass is 10.2. The molecule has 1 aliphatic carbocycles. The van der Waals surface area contributed by atoms with Gasteiger partial charge in [0.05, 0.1) is 4.92 Å². The van der Waals surface area contributed by atoms with E-state index in [1.165, 1.54) is 18.9 Å². The molecule has 19 heavy (non-hydrogen) atoms. The molecule has 3 rings (SSSR count). The van der Waals surface area contributed by atoms with Crippen molar-refractivity contribution >= 4 is 17.4 Å². The van der Waals surface area contributed by atoms with E-state index in [1.807, 2.05) is 6.07 Å². The predicted molar refractivity (Wildman–Crippen MR) is 71.0 cm³/mol. The molecule has 1 fully saturated rings. The molecule has 0 bridgehead atoms. The molecule has 1 saturated carbocycles. The van der Waals surface area contributed by atoms with Crippen LogP contribution in [0.2, 0.25) is 0 Å². The van der Waals surface area contributed by atoms with Crippen molar-refractivity contribution in [3.63, 3.8) is 0 Å². The molecule has 0 amide bonds. The Morgan fingerprint density at radius 2 is 2.32 bits per heavy atom. The van der Waals surface area contributed by atoms with Crippen LogP contribution in [0.5, 0.6) is 0 Å². The van der Waals surface area contributed by atoms with Gasteiger partial charge in [0.1, 0.15) is 6.33 Å². The number of nitro benzene ring substituents is 1. The summed E-state index contributed by atoms with van der Waals surface area (Å²) in [6.07, 6.45) is 4.12. The second kappa shape index (κ2) is 5.00. The third-order valence-corrected chi connectivity index (χ3v) is 4.00. The number of thioether (sulfide) groups is 1. The lowest BCUT2D eigenvalue weighted by Gasteiger charge is -2.04. The highest BCUT2D eigenvalue weighted by Gasteiger charge is 2.26. The van der Waals surface area contributed by atoms with Crippen molar-refractivity contribution in [1.82, 2.24) is 14.8 Å². The van der Waals surface area contributed by atoms with Crippen LogP contribution in [0, 0.1) is 10.1 Å². The standard InChI is InChI=1S/C12H12N4O2S/c17-16(18)11-3-1-2-9(6-11)7-19-12-14-13-8-15(12)10-4-5-10/h1-3,6,8,10H,4-5,7H2. The van der Waals surface area contributed by atoms with Crippen LogP contribution in [-0.4, -0.2) is 19.7 Å². The molecular weight excluding hydrogens is 264 g/mol. The number of hydrogen-bond donors (Lipinski definition) is 0. The Morgan fingerprint density at radius 3 is 3.05 bits per heavy atom. The van der Waals surface area contributed by atoms with Crippen LogP contribution in [0.25, 0.3) is 0 Å². The van der Waals surface area contributed by atoms with Crippen LogP contribution in [-0.2, 0) is 5.75 Å². The minimum Gasteiger partial charge on any atom is -0.306 e. The van der Waals surface area contributed by atoms with Crippen LogP contribution in [0.3, 0.4) is 0 Å². The Morgan fingerprint density at radius 1 is 1.47 bits per heavy atom. The topological polar surface area (TPSA) is 73.8 Å². The van der Waals surface area contributed by atoms with Gasteiger partial charge in [-0.25, -0.2) is 0 Å². The molecule has 0 radical (unpaired) electrons. The minimum atomic E-state index is -0.374. The van der Waals surface area contributed by atoms with E-state index >= 15 is 0 Å². The quantitative estimate of drug-likeness (QED) is 0.477. The molecular formula is C12H12N4O2S. The maximum Gasteiger partial charge on any atom is 0.269 e. The van der Waals surface area contributed by atoms with Crippen molar-refractivity contribution in [2.45, 2.75) is 29.8 Å². The molecule has 0 saturated heterocycles. The smallest absolute Gasteiger partial charge is 0.269 e. The highest BCUT2D eigenvalue weighted by Crippen LogP contribution is 2.37. The zero-order chi connectivity index (χ0) is 13.2. The van der Waals surface area contributed by atoms with E-state index in [0.717, 1.165) is 10.7 Å². The summed E-state index contributed by atoms with van der Waals surface area (Å²) in [5.41, 5.74) is 1.05. The number of nitro groups is 1. The Hall–Kier alpha value is -1.89. The van der Waals surface area contributed by atoms with E-state index in [0.29, 0.717) is 11.8 Å². The highest BCUT2D eigenvalue weighted by atomic mass is 32.2. The lowest BCUT2D eigenvalue weighted by molar-refractivity contribution is -0.384. The van der Waals surface area contributed by atoms with Crippen molar-refractivity contribution in [2.24, 2.45) is 0 Å². The van der Waals surface area contributed by atoms with Crippen LogP contribution < -0.4 is 0 Å². The first kappa shape index (κ1) is 12.2. The van der Waals surface area contributed by atoms with E-state index in [1.54, 1.807) is 30.2 Å². The summed E-state index contributed by atoms with van der Waals surface area (Å²) < 4.78 is 2.09. The fraction of sp³-hybridized carbons (Fsp3) is 0.333. The van der Waals surface area contributed by atoms with Gasteiger partial charge in [-0.05, 0) is 18.4 Å². The molecule has 0 atom stereocenters. The fourth-order valence-corrected chi connectivity index (χ4v) is 2.77. The van der Waals surface area contributed by atoms with Gasteiger partial charge >= 0.3 is 0 Å². The zero-order valence-electron chi connectivity index (χ0n) is 10.1. The van der Waals surface area contributed by atoms with Gasteiger partial charge in [0.15, 0.2) is 5.16 Å². The summed E-state index contributed by atoms with van der Waals surface area (Å²) in [7, 11) is 0. The molecule has 0 N–H and O–H groups in total. The second-order valence-corrected chi connectivity index (χ2v) is 5.41. The zero-order valence-corrected chi connectivity index (χ0v) is 10.9. The summed E-state index contributed by atoms with van der Waals surface area (Å²) in [6.45, 7) is 0. The number of rotatable bonds is 5. The maximum atomic E-state index is 10.7. The van der Waals surface area contributed by atoms with Crippen molar-refractivity contribution in [1.29, 1.82) is 0 Å². The number of non-ortho nitro benzene ring substituents is 1. The highest BCUT2D eigenvalue weighted by molar-refractivity contribution is 7.98. The molecule has 1 aromatic heterocycles. The third-order valence-electron chi connectivity index (χ3n) is 2.97. The Bertz CT molecular complexity index is 609. The van der Waals surface area contributed by atoms with E-state index < -0.39 is 0 Å². The third kappa shape index (κ3) is 2.76. The SMILES string of the molecule is O=[N+]([O-])c1cccc(CSc2nncn2C2CC2)c1. The summed E-state index contributed by atoms with van der Waals surface area (Å²) >= 11 is 1.56. The van der Waals surface area contributed by atoms with E-state index in [9.17, 15) is 10.1 Å². The first-order valence-electron chi connectivity index (χ1n) is 5.99. The molecule has 0 aliphatic heterocycles. The normalized spacial score (nSPS) is 14.5. The lowest BCUT2D eigenvalue weighted by Crippen LogP contribution is -1.95. The largest absolute Gasteiger partial charge is 0.306 e. The molecule has 1 aromatic carbocycles. The molecule has 2 aromatic rings. The fourth-order valence-electron chi connectivity index (χ4n) is 1.85.